The predicted molar refractivity (Wildman–Crippen MR) is 93.2 cm³/mol. The van der Waals surface area contributed by atoms with Crippen LogP contribution in [-0.2, 0) is 7.05 Å². The zero-order valence-corrected chi connectivity index (χ0v) is 13.6. The summed E-state index contributed by atoms with van der Waals surface area (Å²) in [4.78, 5) is 25.8. The second-order valence-electron chi connectivity index (χ2n) is 5.01. The molecule has 0 aliphatic rings. The number of fused-ring (bicyclic) bond motifs is 1. The highest BCUT2D eigenvalue weighted by atomic mass is 32.2. The Bertz CT molecular complexity index is 950. The number of nitrogens with one attached hydrogen (secondary N) is 1. The number of anilines is 1. The molecule has 5 nitrogen and oxygen atoms in total. The molecule has 0 aliphatic heterocycles. The number of rotatable bonds is 3. The van der Waals surface area contributed by atoms with Gasteiger partial charge in [0.05, 0.1) is 5.39 Å². The molecule has 0 bridgehead atoms. The number of aryl methyl sites for hydroxylation is 1. The van der Waals surface area contributed by atoms with Gasteiger partial charge in [-0.1, -0.05) is 24.3 Å². The van der Waals surface area contributed by atoms with Crippen molar-refractivity contribution < 1.29 is 4.79 Å². The number of thioether (sulfide) groups is 1. The van der Waals surface area contributed by atoms with Crippen LogP contribution in [0, 0.1) is 0 Å². The van der Waals surface area contributed by atoms with Gasteiger partial charge in [0.2, 0.25) is 0 Å². The van der Waals surface area contributed by atoms with Crippen LogP contribution >= 0.6 is 11.8 Å². The van der Waals surface area contributed by atoms with E-state index in [0.29, 0.717) is 16.5 Å². The van der Waals surface area contributed by atoms with Gasteiger partial charge in [-0.2, -0.15) is 5.10 Å². The molecule has 116 valence electrons. The highest BCUT2D eigenvalue weighted by Gasteiger charge is 2.15. The van der Waals surface area contributed by atoms with Crippen molar-refractivity contribution in [3.05, 3.63) is 64.6 Å². The molecular weight excluding hydrogens is 310 g/mol. The van der Waals surface area contributed by atoms with Crippen LogP contribution in [0.2, 0.25) is 0 Å². The van der Waals surface area contributed by atoms with Crippen LogP contribution in [0.5, 0.6) is 0 Å². The van der Waals surface area contributed by atoms with Gasteiger partial charge in [-0.05, 0) is 30.5 Å². The van der Waals surface area contributed by atoms with Gasteiger partial charge >= 0.3 is 0 Å². The standard InChI is InChI=1S/C17H15N3O2S/c1-20-17(22)14-9-4-3-8-13(14)15(19-20)16(21)18-11-6-5-7-12(10-11)23-2/h3-10H,1-2H3,(H,18,21). The average Bonchev–Trinajstić information content (AvgIpc) is 2.58. The van der Waals surface area contributed by atoms with E-state index < -0.39 is 0 Å². The second-order valence-corrected chi connectivity index (χ2v) is 5.89. The molecule has 1 N–H and O–H groups in total. The Morgan fingerprint density at radius 2 is 1.87 bits per heavy atom. The summed E-state index contributed by atoms with van der Waals surface area (Å²) in [5, 5.41) is 8.00. The van der Waals surface area contributed by atoms with E-state index in [0.717, 1.165) is 4.90 Å². The first kappa shape index (κ1) is 15.3. The molecule has 23 heavy (non-hydrogen) atoms. The zero-order chi connectivity index (χ0) is 16.4. The number of aromatic nitrogens is 2. The summed E-state index contributed by atoms with van der Waals surface area (Å²) in [6.07, 6.45) is 1.98. The highest BCUT2D eigenvalue weighted by Crippen LogP contribution is 2.20. The van der Waals surface area contributed by atoms with Crippen LogP contribution in [0.1, 0.15) is 10.5 Å². The van der Waals surface area contributed by atoms with Crippen molar-refractivity contribution in [1.29, 1.82) is 0 Å². The Morgan fingerprint density at radius 1 is 1.13 bits per heavy atom. The Kier molecular flexibility index (Phi) is 4.16. The molecule has 0 atom stereocenters. The molecule has 1 aromatic heterocycles. The van der Waals surface area contributed by atoms with Crippen molar-refractivity contribution >= 4 is 34.1 Å². The highest BCUT2D eigenvalue weighted by molar-refractivity contribution is 7.98. The Morgan fingerprint density at radius 3 is 2.61 bits per heavy atom. The topological polar surface area (TPSA) is 64.0 Å². The first-order valence-electron chi connectivity index (χ1n) is 7.01. The fourth-order valence-corrected chi connectivity index (χ4v) is 2.82. The van der Waals surface area contributed by atoms with Gasteiger partial charge in [-0.25, -0.2) is 4.68 Å². The van der Waals surface area contributed by atoms with E-state index in [-0.39, 0.29) is 17.2 Å². The molecule has 3 rings (SSSR count). The van der Waals surface area contributed by atoms with Crippen LogP contribution < -0.4 is 10.9 Å². The third-order valence-corrected chi connectivity index (χ3v) is 4.22. The van der Waals surface area contributed by atoms with Crippen molar-refractivity contribution in [3.8, 4) is 0 Å². The average molecular weight is 325 g/mol. The third kappa shape index (κ3) is 2.98. The normalized spacial score (nSPS) is 10.7. The summed E-state index contributed by atoms with van der Waals surface area (Å²) in [6.45, 7) is 0. The smallest absolute Gasteiger partial charge is 0.276 e. The monoisotopic (exact) mass is 325 g/mol. The van der Waals surface area contributed by atoms with Gasteiger partial charge in [0.25, 0.3) is 11.5 Å². The molecule has 0 radical (unpaired) electrons. The third-order valence-electron chi connectivity index (χ3n) is 3.50. The molecule has 0 saturated carbocycles. The van der Waals surface area contributed by atoms with Crippen LogP contribution in [-0.4, -0.2) is 21.9 Å². The lowest BCUT2D eigenvalue weighted by molar-refractivity contribution is 0.102. The van der Waals surface area contributed by atoms with Crippen molar-refractivity contribution in [2.45, 2.75) is 4.90 Å². The number of hydrogen-bond acceptors (Lipinski definition) is 4. The minimum absolute atomic E-state index is 0.221. The van der Waals surface area contributed by atoms with Crippen LogP contribution in [0.4, 0.5) is 5.69 Å². The Hall–Kier alpha value is -2.60. The first-order chi connectivity index (χ1) is 11.1. The quantitative estimate of drug-likeness (QED) is 0.752. The second kappa shape index (κ2) is 6.26. The summed E-state index contributed by atoms with van der Waals surface area (Å²) < 4.78 is 1.19. The summed E-state index contributed by atoms with van der Waals surface area (Å²) in [5.74, 6) is -0.338. The largest absolute Gasteiger partial charge is 0.321 e. The number of benzene rings is 2. The van der Waals surface area contributed by atoms with E-state index >= 15 is 0 Å². The van der Waals surface area contributed by atoms with E-state index in [1.165, 1.54) is 4.68 Å². The molecule has 0 fully saturated rings. The molecule has 0 unspecified atom stereocenters. The van der Waals surface area contributed by atoms with Gasteiger partial charge in [-0.15, -0.1) is 11.8 Å². The number of carbonyl (C=O) groups excluding carboxylic acids is 1. The molecule has 0 spiro atoms. The molecular formula is C17H15N3O2S. The summed E-state index contributed by atoms with van der Waals surface area (Å²) in [5.41, 5.74) is 0.709. The molecule has 2 aromatic carbocycles. The molecule has 1 heterocycles. The Balaban J connectivity index is 2.04. The summed E-state index contributed by atoms with van der Waals surface area (Å²) in [7, 11) is 1.54. The SMILES string of the molecule is CSc1cccc(NC(=O)c2nn(C)c(=O)c3ccccc23)c1. The fourth-order valence-electron chi connectivity index (χ4n) is 2.36. The van der Waals surface area contributed by atoms with E-state index in [1.807, 2.05) is 30.5 Å². The molecule has 0 saturated heterocycles. The zero-order valence-electron chi connectivity index (χ0n) is 12.7. The number of nitrogens with zero attached hydrogens (tertiary/aromatic N) is 2. The first-order valence-corrected chi connectivity index (χ1v) is 8.24. The van der Waals surface area contributed by atoms with Crippen LogP contribution in [0.25, 0.3) is 10.8 Å². The molecule has 6 heteroatoms. The van der Waals surface area contributed by atoms with Gasteiger partial charge in [0.1, 0.15) is 0 Å². The molecule has 3 aromatic rings. The van der Waals surface area contributed by atoms with E-state index in [4.69, 9.17) is 0 Å². The van der Waals surface area contributed by atoms with Crippen molar-refractivity contribution in [2.24, 2.45) is 7.05 Å². The van der Waals surface area contributed by atoms with Crippen LogP contribution in [0.3, 0.4) is 0 Å². The van der Waals surface area contributed by atoms with Crippen molar-refractivity contribution in [2.75, 3.05) is 11.6 Å². The molecule has 0 aliphatic carbocycles. The number of amides is 1. The van der Waals surface area contributed by atoms with E-state index in [2.05, 4.69) is 10.4 Å². The van der Waals surface area contributed by atoms with Gasteiger partial charge < -0.3 is 5.32 Å². The lowest BCUT2D eigenvalue weighted by atomic mass is 10.1. The van der Waals surface area contributed by atoms with Crippen LogP contribution in [0.15, 0.2) is 58.2 Å². The number of hydrogen-bond donors (Lipinski definition) is 1. The maximum Gasteiger partial charge on any atom is 0.276 e. The summed E-state index contributed by atoms with van der Waals surface area (Å²) >= 11 is 1.60. The number of carbonyl (C=O) groups is 1. The van der Waals surface area contributed by atoms with Gasteiger partial charge in [-0.3, -0.25) is 9.59 Å². The van der Waals surface area contributed by atoms with Crippen molar-refractivity contribution in [3.63, 3.8) is 0 Å². The predicted octanol–water partition coefficient (Wildman–Crippen LogP) is 2.91. The minimum atomic E-state index is -0.338. The minimum Gasteiger partial charge on any atom is -0.321 e. The fraction of sp³-hybridized carbons (Fsp3) is 0.118. The maximum absolute atomic E-state index is 12.6. The molecule has 1 amide bonds. The van der Waals surface area contributed by atoms with E-state index in [9.17, 15) is 9.59 Å². The van der Waals surface area contributed by atoms with Gasteiger partial charge in [0, 0.05) is 23.0 Å². The summed E-state index contributed by atoms with van der Waals surface area (Å²) in [6, 6.07) is 14.6. The van der Waals surface area contributed by atoms with Crippen molar-refractivity contribution in [1.82, 2.24) is 9.78 Å². The van der Waals surface area contributed by atoms with E-state index in [1.54, 1.807) is 43.1 Å². The lowest BCUT2D eigenvalue weighted by Crippen LogP contribution is -2.25. The van der Waals surface area contributed by atoms with Gasteiger partial charge in [0.15, 0.2) is 5.69 Å². The Labute approximate surface area is 137 Å². The maximum atomic E-state index is 12.6. The lowest BCUT2D eigenvalue weighted by Gasteiger charge is -2.09.